The number of carbonyl (C=O) groups is 1. The highest BCUT2D eigenvalue weighted by atomic mass is 16.7. The van der Waals surface area contributed by atoms with E-state index >= 15 is 0 Å². The lowest BCUT2D eigenvalue weighted by Gasteiger charge is -2.40. The smallest absolute Gasteiger partial charge is 0.249 e. The van der Waals surface area contributed by atoms with E-state index in [0.29, 0.717) is 12.8 Å². The molecule has 11 heteroatoms. The number of allylic oxidation sites excluding steroid dienone is 4. The summed E-state index contributed by atoms with van der Waals surface area (Å²) in [6.45, 7) is 3.49. The van der Waals surface area contributed by atoms with E-state index in [4.69, 9.17) is 9.47 Å². The van der Waals surface area contributed by atoms with E-state index in [1.54, 1.807) is 0 Å². The summed E-state index contributed by atoms with van der Waals surface area (Å²) in [5, 5.41) is 76.3. The van der Waals surface area contributed by atoms with E-state index < -0.39 is 74.2 Å². The molecule has 0 aliphatic carbocycles. The summed E-state index contributed by atoms with van der Waals surface area (Å²) < 4.78 is 11.2. The monoisotopic (exact) mass is 1070 g/mol. The Morgan fingerprint density at radius 3 is 1.15 bits per heavy atom. The van der Waals surface area contributed by atoms with Crippen molar-refractivity contribution in [3.8, 4) is 0 Å². The van der Waals surface area contributed by atoms with Gasteiger partial charge in [0, 0.05) is 0 Å². The van der Waals surface area contributed by atoms with Gasteiger partial charge < -0.3 is 50.5 Å². The molecule has 0 bridgehead atoms. The number of unbranched alkanes of at least 4 members (excludes halogenated alkanes) is 40. The molecule has 11 nitrogen and oxygen atoms in total. The fourth-order valence-electron chi connectivity index (χ4n) is 10.5. The molecule has 9 atom stereocenters. The van der Waals surface area contributed by atoms with E-state index in [-0.39, 0.29) is 12.8 Å². The second-order valence-electron chi connectivity index (χ2n) is 22.8. The van der Waals surface area contributed by atoms with Crippen molar-refractivity contribution < 1.29 is 50.0 Å². The van der Waals surface area contributed by atoms with E-state index in [0.717, 1.165) is 57.8 Å². The van der Waals surface area contributed by atoms with Gasteiger partial charge in [-0.05, 0) is 64.2 Å². The minimum atomic E-state index is -1.67. The summed E-state index contributed by atoms with van der Waals surface area (Å²) in [4.78, 5) is 13.2. The maximum absolute atomic E-state index is 13.2. The maximum Gasteiger partial charge on any atom is 0.249 e. The van der Waals surface area contributed by atoms with E-state index in [9.17, 15) is 40.5 Å². The third-order valence-electron chi connectivity index (χ3n) is 15.7. The number of nitrogens with one attached hydrogen (secondary N) is 1. The van der Waals surface area contributed by atoms with Gasteiger partial charge in [0.05, 0.1) is 25.4 Å². The molecule has 9 unspecified atom stereocenters. The van der Waals surface area contributed by atoms with Gasteiger partial charge >= 0.3 is 0 Å². The van der Waals surface area contributed by atoms with Gasteiger partial charge in [-0.25, -0.2) is 0 Å². The van der Waals surface area contributed by atoms with Gasteiger partial charge in [-0.15, -0.1) is 0 Å². The molecule has 0 saturated carbocycles. The summed E-state index contributed by atoms with van der Waals surface area (Å²) in [6.07, 6.45) is 53.9. The molecule has 0 aromatic carbocycles. The molecule has 1 heterocycles. The standard InChI is InChI=1S/C64H123NO10/c1-3-5-7-9-11-13-15-17-19-21-23-25-27-28-29-30-32-33-35-37-39-41-43-45-47-49-51-56(67)59(69)55(54-74-64-62(72)61(71)60(70)58(53-66)75-64)65-63(73)57(68)52-50-48-46-44-42-40-38-36-34-31-26-24-22-20-18-16-14-12-10-8-6-4-2/h34,36,43,45,55-62,64,66-72H,3-33,35,37-42,44,46-54H2,1-2H3,(H,65,73)/b36-34-,45-43+. The quantitative estimate of drug-likeness (QED) is 0.0215. The molecule has 0 aromatic heterocycles. The Labute approximate surface area is 461 Å². The third-order valence-corrected chi connectivity index (χ3v) is 15.7. The molecule has 0 aromatic rings. The van der Waals surface area contributed by atoms with Crippen LogP contribution in [-0.2, 0) is 14.3 Å². The van der Waals surface area contributed by atoms with Crippen LogP contribution in [0, 0.1) is 0 Å². The van der Waals surface area contributed by atoms with Gasteiger partial charge in [-0.1, -0.05) is 269 Å². The van der Waals surface area contributed by atoms with E-state index in [2.05, 4.69) is 43.5 Å². The van der Waals surface area contributed by atoms with Crippen molar-refractivity contribution in [3.63, 3.8) is 0 Å². The lowest BCUT2D eigenvalue weighted by molar-refractivity contribution is -0.303. The SMILES string of the molecule is CCCCCCCCCCCCCC/C=C\CCCCCCCCC(O)C(=O)NC(COC1OC(CO)C(O)C(O)C1O)C(O)C(O)CCC/C=C/CCCCCCCCCCCCCCCCCCCCCCC. The van der Waals surface area contributed by atoms with Crippen LogP contribution >= 0.6 is 0 Å². The van der Waals surface area contributed by atoms with Crippen molar-refractivity contribution >= 4 is 5.91 Å². The topological polar surface area (TPSA) is 189 Å². The lowest BCUT2D eigenvalue weighted by atomic mass is 9.98. The van der Waals surface area contributed by atoms with Crippen molar-refractivity contribution in [2.75, 3.05) is 13.2 Å². The molecule has 1 saturated heterocycles. The number of aliphatic hydroxyl groups excluding tert-OH is 7. The highest BCUT2D eigenvalue weighted by molar-refractivity contribution is 5.80. The zero-order valence-corrected chi connectivity index (χ0v) is 48.8. The largest absolute Gasteiger partial charge is 0.394 e. The first-order chi connectivity index (χ1) is 36.7. The van der Waals surface area contributed by atoms with Crippen LogP contribution in [0.1, 0.15) is 309 Å². The predicted molar refractivity (Wildman–Crippen MR) is 312 cm³/mol. The van der Waals surface area contributed by atoms with Crippen LogP contribution in [0.25, 0.3) is 0 Å². The summed E-state index contributed by atoms with van der Waals surface area (Å²) in [5.74, 6) is -0.706. The molecular weight excluding hydrogens is 943 g/mol. The van der Waals surface area contributed by atoms with Gasteiger partial charge in [0.15, 0.2) is 6.29 Å². The Balaban J connectivity index is 2.27. The average Bonchev–Trinajstić information content (AvgIpc) is 3.41. The van der Waals surface area contributed by atoms with E-state index in [1.165, 1.54) is 212 Å². The van der Waals surface area contributed by atoms with Crippen molar-refractivity contribution in [1.82, 2.24) is 5.32 Å². The fraction of sp³-hybridized carbons (Fsp3) is 0.922. The predicted octanol–water partition coefficient (Wildman–Crippen LogP) is 14.5. The second kappa shape index (κ2) is 53.2. The molecule has 1 amide bonds. The van der Waals surface area contributed by atoms with Crippen LogP contribution in [0.15, 0.2) is 24.3 Å². The maximum atomic E-state index is 13.2. The Morgan fingerprint density at radius 2 is 0.787 bits per heavy atom. The van der Waals surface area contributed by atoms with Crippen LogP contribution < -0.4 is 5.32 Å². The zero-order valence-electron chi connectivity index (χ0n) is 48.8. The van der Waals surface area contributed by atoms with Crippen molar-refractivity contribution in [3.05, 3.63) is 24.3 Å². The van der Waals surface area contributed by atoms with Crippen LogP contribution in [0.4, 0.5) is 0 Å². The number of rotatable bonds is 56. The molecule has 1 rings (SSSR count). The van der Waals surface area contributed by atoms with Crippen LogP contribution in [0.5, 0.6) is 0 Å². The van der Waals surface area contributed by atoms with Crippen molar-refractivity contribution in [2.24, 2.45) is 0 Å². The van der Waals surface area contributed by atoms with Crippen molar-refractivity contribution in [1.29, 1.82) is 0 Å². The molecule has 0 spiro atoms. The molecule has 1 fully saturated rings. The molecule has 1 aliphatic rings. The Bertz CT molecular complexity index is 1270. The van der Waals surface area contributed by atoms with Crippen LogP contribution in [0.3, 0.4) is 0 Å². The first kappa shape index (κ1) is 71.6. The molecule has 8 N–H and O–H groups in total. The second-order valence-corrected chi connectivity index (χ2v) is 22.8. The Morgan fingerprint density at radius 1 is 0.453 bits per heavy atom. The van der Waals surface area contributed by atoms with Gasteiger partial charge in [-0.3, -0.25) is 4.79 Å². The first-order valence-corrected chi connectivity index (χ1v) is 32.2. The highest BCUT2D eigenvalue weighted by Gasteiger charge is 2.44. The minimum absolute atomic E-state index is 0.249. The van der Waals surface area contributed by atoms with Gasteiger partial charge in [0.25, 0.3) is 0 Å². The van der Waals surface area contributed by atoms with Crippen LogP contribution in [0.2, 0.25) is 0 Å². The Hall–Kier alpha value is -1.41. The first-order valence-electron chi connectivity index (χ1n) is 32.2. The minimum Gasteiger partial charge on any atom is -0.394 e. The van der Waals surface area contributed by atoms with Gasteiger partial charge in [0.1, 0.15) is 36.6 Å². The zero-order chi connectivity index (χ0) is 54.7. The number of amides is 1. The number of hydrogen-bond acceptors (Lipinski definition) is 10. The van der Waals surface area contributed by atoms with Crippen molar-refractivity contribution in [2.45, 2.75) is 364 Å². The van der Waals surface area contributed by atoms with Gasteiger partial charge in [0.2, 0.25) is 5.91 Å². The number of aliphatic hydroxyl groups is 7. The molecule has 444 valence electrons. The highest BCUT2D eigenvalue weighted by Crippen LogP contribution is 2.24. The lowest BCUT2D eigenvalue weighted by Crippen LogP contribution is -2.60. The third kappa shape index (κ3) is 41.3. The Kier molecular flexibility index (Phi) is 50.8. The average molecular weight is 1070 g/mol. The summed E-state index contributed by atoms with van der Waals surface area (Å²) in [7, 11) is 0. The van der Waals surface area contributed by atoms with Gasteiger partial charge in [-0.2, -0.15) is 0 Å². The van der Waals surface area contributed by atoms with Crippen LogP contribution in [-0.4, -0.2) is 110 Å². The number of hydrogen-bond donors (Lipinski definition) is 8. The molecule has 0 radical (unpaired) electrons. The molecular formula is C64H123NO10. The molecule has 1 aliphatic heterocycles. The van der Waals surface area contributed by atoms with E-state index in [1.807, 2.05) is 0 Å². The normalized spacial score (nSPS) is 19.8. The summed E-state index contributed by atoms with van der Waals surface area (Å²) >= 11 is 0. The number of carbonyl (C=O) groups excluding carboxylic acids is 1. The summed E-state index contributed by atoms with van der Waals surface area (Å²) in [5.41, 5.74) is 0. The fourth-order valence-corrected chi connectivity index (χ4v) is 10.5. The molecule has 75 heavy (non-hydrogen) atoms. The summed E-state index contributed by atoms with van der Waals surface area (Å²) in [6, 6.07) is -1.19. The number of ether oxygens (including phenoxy) is 2.